The van der Waals surface area contributed by atoms with Crippen LogP contribution in [0.25, 0.3) is 0 Å². The summed E-state index contributed by atoms with van der Waals surface area (Å²) in [7, 11) is 0. The van der Waals surface area contributed by atoms with Crippen molar-refractivity contribution in [1.29, 1.82) is 0 Å². The summed E-state index contributed by atoms with van der Waals surface area (Å²) in [5.74, 6) is -0.0551. The minimum absolute atomic E-state index is 0.0324. The molecule has 0 saturated carbocycles. The zero-order valence-electron chi connectivity index (χ0n) is 14.0. The standard InChI is InChI=1S/C22H17ClN2O/c23-19-13-11-17(12-14-19)21-20(16-7-3-1-4-8-16)15-25(24-21)22(26)18-9-5-2-6-10-18/h1-14,20H,15H2. The fourth-order valence-electron chi connectivity index (χ4n) is 3.19. The number of halogens is 1. The summed E-state index contributed by atoms with van der Waals surface area (Å²) in [5, 5.41) is 6.93. The smallest absolute Gasteiger partial charge is 0.267 e. The number of carbonyl (C=O) groups is 1. The second kappa shape index (κ2) is 7.14. The van der Waals surface area contributed by atoms with Gasteiger partial charge in [-0.2, -0.15) is 5.10 Å². The van der Waals surface area contributed by atoms with Crippen molar-refractivity contribution in [3.05, 3.63) is 107 Å². The number of hydrogen-bond donors (Lipinski definition) is 0. The highest BCUT2D eigenvalue weighted by Crippen LogP contribution is 2.30. The Morgan fingerprint density at radius 1 is 0.885 bits per heavy atom. The van der Waals surface area contributed by atoms with Crippen LogP contribution < -0.4 is 0 Å². The zero-order chi connectivity index (χ0) is 17.9. The first-order chi connectivity index (χ1) is 12.7. The predicted octanol–water partition coefficient (Wildman–Crippen LogP) is 4.98. The Labute approximate surface area is 157 Å². The van der Waals surface area contributed by atoms with E-state index in [1.165, 1.54) is 0 Å². The maximum atomic E-state index is 12.9. The Kier molecular flexibility index (Phi) is 4.55. The van der Waals surface area contributed by atoms with Crippen molar-refractivity contribution < 1.29 is 4.79 Å². The number of carbonyl (C=O) groups excluding carboxylic acids is 1. The van der Waals surface area contributed by atoms with Crippen LogP contribution in [0.15, 0.2) is 90.0 Å². The molecule has 3 nitrogen and oxygen atoms in total. The highest BCUT2D eigenvalue weighted by Gasteiger charge is 2.32. The normalized spacial score (nSPS) is 16.4. The third kappa shape index (κ3) is 3.26. The molecule has 0 N–H and O–H groups in total. The topological polar surface area (TPSA) is 32.7 Å². The van der Waals surface area contributed by atoms with Crippen LogP contribution in [-0.4, -0.2) is 23.2 Å². The molecule has 128 valence electrons. The van der Waals surface area contributed by atoms with Crippen LogP contribution in [0.1, 0.15) is 27.4 Å². The van der Waals surface area contributed by atoms with Gasteiger partial charge in [0.2, 0.25) is 0 Å². The van der Waals surface area contributed by atoms with E-state index in [0.717, 1.165) is 16.8 Å². The lowest BCUT2D eigenvalue weighted by Gasteiger charge is -2.15. The van der Waals surface area contributed by atoms with Crippen molar-refractivity contribution in [3.8, 4) is 0 Å². The van der Waals surface area contributed by atoms with Gasteiger partial charge in [0.1, 0.15) is 0 Å². The minimum atomic E-state index is -0.0875. The first-order valence-electron chi connectivity index (χ1n) is 8.48. The SMILES string of the molecule is O=C(c1ccccc1)N1CC(c2ccccc2)C(c2ccc(Cl)cc2)=N1. The second-order valence-electron chi connectivity index (χ2n) is 6.21. The van der Waals surface area contributed by atoms with Gasteiger partial charge in [-0.05, 0) is 35.4 Å². The summed E-state index contributed by atoms with van der Waals surface area (Å²) in [4.78, 5) is 12.9. The van der Waals surface area contributed by atoms with Crippen LogP contribution in [0, 0.1) is 0 Å². The van der Waals surface area contributed by atoms with E-state index in [1.807, 2.05) is 72.8 Å². The molecule has 1 aliphatic rings. The molecular weight excluding hydrogens is 344 g/mol. The van der Waals surface area contributed by atoms with E-state index >= 15 is 0 Å². The molecule has 3 aromatic carbocycles. The maximum absolute atomic E-state index is 12.9. The summed E-state index contributed by atoms with van der Waals surface area (Å²) in [5.41, 5.74) is 3.65. The molecule has 0 radical (unpaired) electrons. The molecule has 1 aliphatic heterocycles. The second-order valence-corrected chi connectivity index (χ2v) is 6.65. The van der Waals surface area contributed by atoms with Crippen molar-refractivity contribution in [2.45, 2.75) is 5.92 Å². The van der Waals surface area contributed by atoms with Crippen molar-refractivity contribution in [2.24, 2.45) is 5.10 Å². The van der Waals surface area contributed by atoms with Crippen molar-refractivity contribution in [3.63, 3.8) is 0 Å². The van der Waals surface area contributed by atoms with Crippen molar-refractivity contribution in [1.82, 2.24) is 5.01 Å². The molecule has 0 aliphatic carbocycles. The highest BCUT2D eigenvalue weighted by atomic mass is 35.5. The molecule has 26 heavy (non-hydrogen) atoms. The first-order valence-corrected chi connectivity index (χ1v) is 8.86. The van der Waals surface area contributed by atoms with Crippen LogP contribution in [0.3, 0.4) is 0 Å². The van der Waals surface area contributed by atoms with E-state index in [2.05, 4.69) is 17.2 Å². The fraction of sp³-hybridized carbons (Fsp3) is 0.0909. The van der Waals surface area contributed by atoms with Gasteiger partial charge in [-0.1, -0.05) is 72.3 Å². The van der Waals surface area contributed by atoms with Crippen molar-refractivity contribution >= 4 is 23.2 Å². The van der Waals surface area contributed by atoms with Gasteiger partial charge < -0.3 is 0 Å². The summed E-state index contributed by atoms with van der Waals surface area (Å²) in [6, 6.07) is 27.0. The molecule has 0 aromatic heterocycles. The lowest BCUT2D eigenvalue weighted by Crippen LogP contribution is -2.25. The maximum Gasteiger partial charge on any atom is 0.273 e. The highest BCUT2D eigenvalue weighted by molar-refractivity contribution is 6.30. The molecule has 1 amide bonds. The van der Waals surface area contributed by atoms with E-state index in [-0.39, 0.29) is 11.8 Å². The first kappa shape index (κ1) is 16.6. The van der Waals surface area contributed by atoms with Crippen molar-refractivity contribution in [2.75, 3.05) is 6.54 Å². The van der Waals surface area contributed by atoms with Gasteiger partial charge in [-0.15, -0.1) is 0 Å². The molecule has 4 heteroatoms. The Morgan fingerprint density at radius 2 is 1.50 bits per heavy atom. The zero-order valence-corrected chi connectivity index (χ0v) is 14.8. The van der Waals surface area contributed by atoms with E-state index in [4.69, 9.17) is 11.6 Å². The van der Waals surface area contributed by atoms with Gasteiger partial charge >= 0.3 is 0 Å². The van der Waals surface area contributed by atoms with Crippen LogP contribution in [0.5, 0.6) is 0 Å². The van der Waals surface area contributed by atoms with Crippen LogP contribution in [-0.2, 0) is 0 Å². The van der Waals surface area contributed by atoms with Crippen LogP contribution in [0.4, 0.5) is 0 Å². The molecule has 0 spiro atoms. The molecule has 0 saturated heterocycles. The Morgan fingerprint density at radius 3 is 2.15 bits per heavy atom. The van der Waals surface area contributed by atoms with Gasteiger partial charge in [0.25, 0.3) is 5.91 Å². The molecule has 1 unspecified atom stereocenters. The van der Waals surface area contributed by atoms with E-state index in [1.54, 1.807) is 5.01 Å². The fourth-order valence-corrected chi connectivity index (χ4v) is 3.31. The quantitative estimate of drug-likeness (QED) is 0.648. The Bertz CT molecular complexity index is 937. The minimum Gasteiger partial charge on any atom is -0.267 e. The molecule has 1 heterocycles. The number of hydrazone groups is 1. The Balaban J connectivity index is 1.72. The third-order valence-corrected chi connectivity index (χ3v) is 4.76. The van der Waals surface area contributed by atoms with Crippen LogP contribution >= 0.6 is 11.6 Å². The van der Waals surface area contributed by atoms with Crippen LogP contribution in [0.2, 0.25) is 5.02 Å². The third-order valence-electron chi connectivity index (χ3n) is 4.51. The van der Waals surface area contributed by atoms with Gasteiger partial charge in [0, 0.05) is 16.5 Å². The molecular formula is C22H17ClN2O. The lowest BCUT2D eigenvalue weighted by atomic mass is 9.90. The van der Waals surface area contributed by atoms with Gasteiger partial charge in [0.15, 0.2) is 0 Å². The Hall–Kier alpha value is -2.91. The molecule has 1 atom stereocenters. The number of rotatable bonds is 3. The number of benzene rings is 3. The lowest BCUT2D eigenvalue weighted by molar-refractivity contribution is 0.0774. The molecule has 0 fully saturated rings. The molecule has 3 aromatic rings. The monoisotopic (exact) mass is 360 g/mol. The number of amides is 1. The summed E-state index contributed by atoms with van der Waals surface area (Å²) in [6.07, 6.45) is 0. The van der Waals surface area contributed by atoms with E-state index < -0.39 is 0 Å². The largest absolute Gasteiger partial charge is 0.273 e. The van der Waals surface area contributed by atoms with Gasteiger partial charge in [0.05, 0.1) is 12.3 Å². The number of hydrogen-bond acceptors (Lipinski definition) is 2. The molecule has 0 bridgehead atoms. The summed E-state index contributed by atoms with van der Waals surface area (Å²) in [6.45, 7) is 0.524. The summed E-state index contributed by atoms with van der Waals surface area (Å²) < 4.78 is 0. The van der Waals surface area contributed by atoms with Gasteiger partial charge in [-0.25, -0.2) is 5.01 Å². The average Bonchev–Trinajstić information content (AvgIpc) is 3.15. The predicted molar refractivity (Wildman–Crippen MR) is 105 cm³/mol. The van der Waals surface area contributed by atoms with E-state index in [9.17, 15) is 4.79 Å². The van der Waals surface area contributed by atoms with Gasteiger partial charge in [-0.3, -0.25) is 4.79 Å². The number of nitrogens with zero attached hydrogens (tertiary/aromatic N) is 2. The van der Waals surface area contributed by atoms with E-state index in [0.29, 0.717) is 17.1 Å². The average molecular weight is 361 g/mol. The summed E-state index contributed by atoms with van der Waals surface area (Å²) >= 11 is 6.03. The molecule has 4 rings (SSSR count).